The molecule has 1 unspecified atom stereocenters. The number of quaternary nitrogens is 1. The summed E-state index contributed by atoms with van der Waals surface area (Å²) in [7, 11) is 0. The van der Waals surface area contributed by atoms with E-state index >= 15 is 0 Å². The summed E-state index contributed by atoms with van der Waals surface area (Å²) in [5.74, 6) is -0.212. The molecule has 2 rings (SSSR count). The quantitative estimate of drug-likeness (QED) is 0.843. The van der Waals surface area contributed by atoms with Gasteiger partial charge in [0.2, 0.25) is 0 Å². The fraction of sp³-hybridized carbons (Fsp3) is 0.611. The summed E-state index contributed by atoms with van der Waals surface area (Å²) in [6.07, 6.45) is 3.66. The van der Waals surface area contributed by atoms with E-state index in [1.54, 1.807) is 0 Å². The van der Waals surface area contributed by atoms with Gasteiger partial charge in [-0.25, -0.2) is 4.39 Å². The fourth-order valence-electron chi connectivity index (χ4n) is 3.70. The Bertz CT molecular complexity index is 527. The Morgan fingerprint density at radius 1 is 1.23 bits per heavy atom. The van der Waals surface area contributed by atoms with Crippen molar-refractivity contribution in [2.45, 2.75) is 53.0 Å². The molecule has 1 aromatic carbocycles. The number of halogens is 1. The zero-order valence-electron chi connectivity index (χ0n) is 14.2. The van der Waals surface area contributed by atoms with E-state index < -0.39 is 0 Å². The van der Waals surface area contributed by atoms with Crippen LogP contribution in [0.1, 0.15) is 44.2 Å². The van der Waals surface area contributed by atoms with Crippen molar-refractivity contribution in [3.8, 4) is 0 Å². The molecular formula is C18H28FN2O+. The number of benzene rings is 1. The van der Waals surface area contributed by atoms with Crippen LogP contribution in [0, 0.1) is 19.7 Å². The number of likely N-dealkylation sites (tertiary alicyclic amines) is 1. The summed E-state index contributed by atoms with van der Waals surface area (Å²) < 4.78 is 14.3. The third kappa shape index (κ3) is 3.32. The van der Waals surface area contributed by atoms with E-state index in [0.717, 1.165) is 40.9 Å². The van der Waals surface area contributed by atoms with Gasteiger partial charge in [-0.2, -0.15) is 0 Å². The van der Waals surface area contributed by atoms with Crippen molar-refractivity contribution in [3.63, 3.8) is 0 Å². The van der Waals surface area contributed by atoms with E-state index in [4.69, 9.17) is 0 Å². The Kier molecular flexibility index (Phi) is 5.22. The molecule has 3 nitrogen and oxygen atoms in total. The van der Waals surface area contributed by atoms with Crippen molar-refractivity contribution < 1.29 is 13.7 Å². The maximum Gasteiger partial charge on any atom is 0.282 e. The van der Waals surface area contributed by atoms with Crippen LogP contribution in [0.25, 0.3) is 0 Å². The van der Waals surface area contributed by atoms with Gasteiger partial charge in [0.15, 0.2) is 6.04 Å². The average Bonchev–Trinajstić information content (AvgIpc) is 2.50. The number of nitrogens with zero attached hydrogens (tertiary/aromatic N) is 1. The van der Waals surface area contributed by atoms with Gasteiger partial charge in [0, 0.05) is 5.69 Å². The molecule has 1 amide bonds. The molecule has 1 atom stereocenters. The van der Waals surface area contributed by atoms with E-state index in [-0.39, 0.29) is 17.8 Å². The van der Waals surface area contributed by atoms with Gasteiger partial charge in [0.25, 0.3) is 5.91 Å². The number of anilines is 1. The van der Waals surface area contributed by atoms with Crippen molar-refractivity contribution >= 4 is 11.6 Å². The molecule has 0 aromatic heterocycles. The summed E-state index contributed by atoms with van der Waals surface area (Å²) >= 11 is 0. The second kappa shape index (κ2) is 6.78. The zero-order chi connectivity index (χ0) is 16.3. The van der Waals surface area contributed by atoms with Crippen LogP contribution in [0.5, 0.6) is 0 Å². The van der Waals surface area contributed by atoms with Gasteiger partial charge in [0.1, 0.15) is 5.82 Å². The molecule has 0 radical (unpaired) electrons. The number of carbonyl (C=O) groups is 1. The number of piperidine rings is 1. The number of aryl methyl sites for hydroxylation is 2. The van der Waals surface area contributed by atoms with Crippen molar-refractivity contribution in [2.75, 3.05) is 25.0 Å². The van der Waals surface area contributed by atoms with E-state index in [2.05, 4.69) is 12.2 Å². The third-order valence-corrected chi connectivity index (χ3v) is 5.28. The Labute approximate surface area is 133 Å². The van der Waals surface area contributed by atoms with Crippen molar-refractivity contribution in [1.29, 1.82) is 0 Å². The summed E-state index contributed by atoms with van der Waals surface area (Å²) in [5.41, 5.74) is 2.31. The van der Waals surface area contributed by atoms with Gasteiger partial charge >= 0.3 is 0 Å². The molecule has 22 heavy (non-hydrogen) atoms. The van der Waals surface area contributed by atoms with Gasteiger partial charge in [-0.3, -0.25) is 4.79 Å². The highest BCUT2D eigenvalue weighted by atomic mass is 19.1. The van der Waals surface area contributed by atoms with Crippen LogP contribution in [0.3, 0.4) is 0 Å². The van der Waals surface area contributed by atoms with Gasteiger partial charge in [-0.05, 0) is 70.2 Å². The van der Waals surface area contributed by atoms with Gasteiger partial charge in [-0.1, -0.05) is 0 Å². The normalized spacial score (nSPS) is 18.8. The minimum atomic E-state index is -0.255. The first-order chi connectivity index (χ1) is 10.4. The standard InChI is InChI=1S/C18H27FN2O/c1-5-21(9-7-6-8-10-21)15(4)18(22)20-17-13(2)11-16(19)12-14(17)3/h11-12,15H,5-10H2,1-4H3/p+1. The van der Waals surface area contributed by atoms with Crippen LogP contribution < -0.4 is 5.32 Å². The van der Waals surface area contributed by atoms with Gasteiger partial charge in [0.05, 0.1) is 19.6 Å². The smallest absolute Gasteiger partial charge is 0.282 e. The number of likely N-dealkylation sites (N-methyl/N-ethyl adjacent to an activating group) is 1. The average molecular weight is 307 g/mol. The largest absolute Gasteiger partial charge is 0.320 e. The molecule has 0 aliphatic carbocycles. The SMILES string of the molecule is CC[N+]1(C(C)C(=O)Nc2c(C)cc(F)cc2C)CCCCC1. The van der Waals surface area contributed by atoms with Crippen molar-refractivity contribution in [1.82, 2.24) is 0 Å². The Morgan fingerprint density at radius 2 is 1.77 bits per heavy atom. The molecular weight excluding hydrogens is 279 g/mol. The molecule has 122 valence electrons. The molecule has 4 heteroatoms. The number of carbonyl (C=O) groups excluding carboxylic acids is 1. The summed E-state index contributed by atoms with van der Waals surface area (Å²) in [4.78, 5) is 12.7. The topological polar surface area (TPSA) is 29.1 Å². The van der Waals surface area contributed by atoms with Gasteiger partial charge < -0.3 is 9.80 Å². The molecule has 0 spiro atoms. The van der Waals surface area contributed by atoms with Gasteiger partial charge in [-0.15, -0.1) is 0 Å². The van der Waals surface area contributed by atoms with Crippen LogP contribution in [0.4, 0.5) is 10.1 Å². The van der Waals surface area contributed by atoms with Crippen LogP contribution in [0.15, 0.2) is 12.1 Å². The monoisotopic (exact) mass is 307 g/mol. The lowest BCUT2D eigenvalue weighted by Gasteiger charge is -2.44. The molecule has 1 aromatic rings. The van der Waals surface area contributed by atoms with Crippen LogP contribution >= 0.6 is 0 Å². The first-order valence-electron chi connectivity index (χ1n) is 8.33. The summed E-state index contributed by atoms with van der Waals surface area (Å²) in [6, 6.07) is 2.87. The third-order valence-electron chi connectivity index (χ3n) is 5.28. The lowest BCUT2D eigenvalue weighted by molar-refractivity contribution is -0.943. The summed E-state index contributed by atoms with van der Waals surface area (Å²) in [6.45, 7) is 11.0. The molecule has 1 fully saturated rings. The molecule has 0 bridgehead atoms. The highest BCUT2D eigenvalue weighted by Crippen LogP contribution is 2.26. The predicted molar refractivity (Wildman–Crippen MR) is 88.4 cm³/mol. The predicted octanol–water partition coefficient (Wildman–Crippen LogP) is 3.79. The van der Waals surface area contributed by atoms with E-state index in [9.17, 15) is 9.18 Å². The highest BCUT2D eigenvalue weighted by Gasteiger charge is 2.38. The molecule has 1 N–H and O–H groups in total. The maximum atomic E-state index is 13.4. The van der Waals surface area contributed by atoms with E-state index in [1.807, 2.05) is 20.8 Å². The first kappa shape index (κ1) is 16.9. The molecule has 1 aliphatic rings. The number of nitrogens with one attached hydrogen (secondary N) is 1. The van der Waals surface area contributed by atoms with E-state index in [1.165, 1.54) is 31.4 Å². The number of hydrogen-bond acceptors (Lipinski definition) is 1. The zero-order valence-corrected chi connectivity index (χ0v) is 14.2. The fourth-order valence-corrected chi connectivity index (χ4v) is 3.70. The lowest BCUT2D eigenvalue weighted by atomic mass is 10.0. The maximum absolute atomic E-state index is 13.4. The van der Waals surface area contributed by atoms with Crippen LogP contribution in [-0.2, 0) is 4.79 Å². The minimum Gasteiger partial charge on any atom is -0.320 e. The molecule has 1 saturated heterocycles. The van der Waals surface area contributed by atoms with Crippen molar-refractivity contribution in [3.05, 3.63) is 29.1 Å². The van der Waals surface area contributed by atoms with Crippen LogP contribution in [-0.4, -0.2) is 36.1 Å². The minimum absolute atomic E-state index is 0.0431. The molecule has 1 aliphatic heterocycles. The number of hydrogen-bond donors (Lipinski definition) is 1. The second-order valence-electron chi connectivity index (χ2n) is 6.62. The first-order valence-corrected chi connectivity index (χ1v) is 8.33. The van der Waals surface area contributed by atoms with E-state index in [0.29, 0.717) is 0 Å². The van der Waals surface area contributed by atoms with Crippen LogP contribution in [0.2, 0.25) is 0 Å². The highest BCUT2D eigenvalue weighted by molar-refractivity contribution is 5.95. The summed E-state index contributed by atoms with van der Waals surface area (Å²) in [5, 5.41) is 3.04. The Hall–Kier alpha value is -1.42. The number of rotatable bonds is 4. The Balaban J connectivity index is 2.18. The number of amides is 1. The molecule has 0 saturated carbocycles. The molecule has 1 heterocycles. The lowest BCUT2D eigenvalue weighted by Crippen LogP contribution is -2.60. The second-order valence-corrected chi connectivity index (χ2v) is 6.62. The van der Waals surface area contributed by atoms with Crippen molar-refractivity contribution in [2.24, 2.45) is 0 Å². The Morgan fingerprint density at radius 3 is 2.27 bits per heavy atom.